The fourth-order valence-electron chi connectivity index (χ4n) is 3.14. The van der Waals surface area contributed by atoms with Crippen molar-refractivity contribution in [3.8, 4) is 0 Å². The number of halogens is 1. The summed E-state index contributed by atoms with van der Waals surface area (Å²) in [6.07, 6.45) is 2.76. The predicted octanol–water partition coefficient (Wildman–Crippen LogP) is 2.57. The van der Waals surface area contributed by atoms with Crippen molar-refractivity contribution in [2.45, 2.75) is 19.4 Å². The van der Waals surface area contributed by atoms with Crippen LogP contribution in [-0.4, -0.2) is 38.0 Å². The number of amides is 1. The van der Waals surface area contributed by atoms with Crippen molar-refractivity contribution in [1.82, 2.24) is 4.31 Å². The van der Waals surface area contributed by atoms with E-state index < -0.39 is 15.8 Å². The third-order valence-electron chi connectivity index (χ3n) is 4.50. The molecule has 138 valence electrons. The van der Waals surface area contributed by atoms with Gasteiger partial charge in [-0.25, -0.2) is 12.8 Å². The first kappa shape index (κ1) is 18.5. The van der Waals surface area contributed by atoms with Crippen LogP contribution in [0.4, 0.5) is 10.1 Å². The molecule has 0 saturated heterocycles. The highest BCUT2D eigenvalue weighted by Crippen LogP contribution is 2.27. The Kier molecular flexibility index (Phi) is 5.38. The molecule has 1 aliphatic heterocycles. The molecular formula is C19H21FN2O3S. The number of rotatable bonds is 5. The van der Waals surface area contributed by atoms with Gasteiger partial charge in [0, 0.05) is 24.3 Å². The SMILES string of the molecule is CS(=O)(=O)N(CC(=O)N1CCCc2ccccc21)Cc1ccccc1F. The molecule has 0 spiro atoms. The molecule has 26 heavy (non-hydrogen) atoms. The van der Waals surface area contributed by atoms with Crippen LogP contribution in [-0.2, 0) is 27.8 Å². The number of benzene rings is 2. The van der Waals surface area contributed by atoms with Crippen molar-refractivity contribution in [2.75, 3.05) is 24.2 Å². The van der Waals surface area contributed by atoms with E-state index in [2.05, 4.69) is 0 Å². The van der Waals surface area contributed by atoms with Crippen LogP contribution in [0.2, 0.25) is 0 Å². The van der Waals surface area contributed by atoms with Gasteiger partial charge in [0.05, 0.1) is 12.8 Å². The van der Waals surface area contributed by atoms with Gasteiger partial charge in [-0.3, -0.25) is 4.79 Å². The van der Waals surface area contributed by atoms with Gasteiger partial charge in [0.25, 0.3) is 0 Å². The lowest BCUT2D eigenvalue weighted by atomic mass is 10.0. The van der Waals surface area contributed by atoms with Gasteiger partial charge in [0.15, 0.2) is 0 Å². The van der Waals surface area contributed by atoms with E-state index in [0.717, 1.165) is 34.7 Å². The van der Waals surface area contributed by atoms with E-state index in [4.69, 9.17) is 0 Å². The Morgan fingerprint density at radius 2 is 1.85 bits per heavy atom. The van der Waals surface area contributed by atoms with Crippen molar-refractivity contribution >= 4 is 21.6 Å². The predicted molar refractivity (Wildman–Crippen MR) is 98.8 cm³/mol. The maximum absolute atomic E-state index is 13.9. The van der Waals surface area contributed by atoms with Gasteiger partial charge in [0.1, 0.15) is 5.82 Å². The van der Waals surface area contributed by atoms with Gasteiger partial charge in [-0.2, -0.15) is 4.31 Å². The van der Waals surface area contributed by atoms with Gasteiger partial charge < -0.3 is 4.90 Å². The summed E-state index contributed by atoms with van der Waals surface area (Å²) < 4.78 is 39.2. The summed E-state index contributed by atoms with van der Waals surface area (Å²) in [5.74, 6) is -0.796. The summed E-state index contributed by atoms with van der Waals surface area (Å²) in [7, 11) is -3.67. The van der Waals surface area contributed by atoms with Crippen LogP contribution in [0.25, 0.3) is 0 Å². The summed E-state index contributed by atoms with van der Waals surface area (Å²) in [6.45, 7) is 0.0569. The summed E-state index contributed by atoms with van der Waals surface area (Å²) in [4.78, 5) is 14.4. The Bertz CT molecular complexity index is 915. The smallest absolute Gasteiger partial charge is 0.242 e. The second kappa shape index (κ2) is 7.55. The maximum Gasteiger partial charge on any atom is 0.242 e. The zero-order valence-corrected chi connectivity index (χ0v) is 15.4. The van der Waals surface area contributed by atoms with Crippen LogP contribution in [0.3, 0.4) is 0 Å². The average Bonchev–Trinajstić information content (AvgIpc) is 2.61. The Labute approximate surface area is 153 Å². The molecule has 0 N–H and O–H groups in total. The van der Waals surface area contributed by atoms with E-state index in [-0.39, 0.29) is 24.6 Å². The molecule has 0 unspecified atom stereocenters. The standard InChI is InChI=1S/C19H21FN2O3S/c1-26(24,25)21(13-16-8-2-4-10-17(16)20)14-19(23)22-12-6-9-15-7-3-5-11-18(15)22/h2-5,7-8,10-11H,6,9,12-14H2,1H3. The van der Waals surface area contributed by atoms with Crippen molar-refractivity contribution in [3.63, 3.8) is 0 Å². The van der Waals surface area contributed by atoms with Crippen LogP contribution in [0.1, 0.15) is 17.5 Å². The second-order valence-corrected chi connectivity index (χ2v) is 8.38. The van der Waals surface area contributed by atoms with Crippen molar-refractivity contribution < 1.29 is 17.6 Å². The molecule has 2 aromatic carbocycles. The number of carbonyl (C=O) groups is 1. The van der Waals surface area contributed by atoms with Crippen molar-refractivity contribution in [3.05, 3.63) is 65.5 Å². The van der Waals surface area contributed by atoms with E-state index in [9.17, 15) is 17.6 Å². The van der Waals surface area contributed by atoms with Crippen LogP contribution in [0.5, 0.6) is 0 Å². The Morgan fingerprint density at radius 3 is 2.58 bits per heavy atom. The van der Waals surface area contributed by atoms with Crippen LogP contribution in [0.15, 0.2) is 48.5 Å². The summed E-state index contributed by atoms with van der Waals surface area (Å²) in [5, 5.41) is 0. The quantitative estimate of drug-likeness (QED) is 0.806. The number of nitrogens with zero attached hydrogens (tertiary/aromatic N) is 2. The third-order valence-corrected chi connectivity index (χ3v) is 5.69. The number of fused-ring (bicyclic) bond motifs is 1. The highest BCUT2D eigenvalue weighted by molar-refractivity contribution is 7.88. The monoisotopic (exact) mass is 376 g/mol. The first-order valence-corrected chi connectivity index (χ1v) is 10.3. The summed E-state index contributed by atoms with van der Waals surface area (Å²) in [5.41, 5.74) is 2.14. The minimum Gasteiger partial charge on any atom is -0.311 e. The highest BCUT2D eigenvalue weighted by Gasteiger charge is 2.27. The second-order valence-electron chi connectivity index (χ2n) is 6.40. The van der Waals surface area contributed by atoms with Gasteiger partial charge in [-0.1, -0.05) is 36.4 Å². The molecule has 0 fully saturated rings. The van der Waals surface area contributed by atoms with E-state index in [1.165, 1.54) is 12.1 Å². The Hall–Kier alpha value is -2.25. The molecule has 0 aliphatic carbocycles. The minimum atomic E-state index is -3.67. The molecule has 0 aromatic heterocycles. The lowest BCUT2D eigenvalue weighted by Gasteiger charge is -2.31. The molecule has 1 amide bonds. The van der Waals surface area contributed by atoms with Gasteiger partial charge in [-0.05, 0) is 30.5 Å². The highest BCUT2D eigenvalue weighted by atomic mass is 32.2. The lowest BCUT2D eigenvalue weighted by molar-refractivity contribution is -0.119. The lowest BCUT2D eigenvalue weighted by Crippen LogP contribution is -2.44. The number of sulfonamides is 1. The molecule has 5 nitrogen and oxygen atoms in total. The number of anilines is 1. The zero-order chi connectivity index (χ0) is 18.7. The number of carbonyl (C=O) groups excluding carboxylic acids is 1. The number of para-hydroxylation sites is 1. The largest absolute Gasteiger partial charge is 0.311 e. The van der Waals surface area contributed by atoms with E-state index in [1.54, 1.807) is 17.0 Å². The topological polar surface area (TPSA) is 57.7 Å². The van der Waals surface area contributed by atoms with Crippen LogP contribution >= 0.6 is 0 Å². The van der Waals surface area contributed by atoms with E-state index >= 15 is 0 Å². The van der Waals surface area contributed by atoms with Gasteiger partial charge >= 0.3 is 0 Å². The van der Waals surface area contributed by atoms with E-state index in [1.807, 2.05) is 24.3 Å². The fraction of sp³-hybridized carbons (Fsp3) is 0.316. The minimum absolute atomic E-state index is 0.174. The number of aryl methyl sites for hydroxylation is 1. The number of hydrogen-bond acceptors (Lipinski definition) is 3. The normalized spacial score (nSPS) is 14.3. The Morgan fingerprint density at radius 1 is 1.15 bits per heavy atom. The fourth-order valence-corrected chi connectivity index (χ4v) is 3.85. The zero-order valence-electron chi connectivity index (χ0n) is 14.6. The van der Waals surface area contributed by atoms with Gasteiger partial charge in [0.2, 0.25) is 15.9 Å². The molecular weight excluding hydrogens is 355 g/mol. The first-order valence-electron chi connectivity index (χ1n) is 8.43. The summed E-state index contributed by atoms with van der Waals surface area (Å²) in [6, 6.07) is 13.6. The third kappa shape index (κ3) is 4.11. The molecule has 3 rings (SSSR count). The maximum atomic E-state index is 13.9. The molecule has 2 aromatic rings. The van der Waals surface area contributed by atoms with Crippen molar-refractivity contribution in [2.24, 2.45) is 0 Å². The number of hydrogen-bond donors (Lipinski definition) is 0. The van der Waals surface area contributed by atoms with E-state index in [0.29, 0.717) is 6.54 Å². The molecule has 1 heterocycles. The molecule has 0 atom stereocenters. The Balaban J connectivity index is 1.82. The first-order chi connectivity index (χ1) is 12.4. The van der Waals surface area contributed by atoms with Crippen molar-refractivity contribution in [1.29, 1.82) is 0 Å². The molecule has 0 saturated carbocycles. The van der Waals surface area contributed by atoms with Crippen LogP contribution < -0.4 is 4.90 Å². The summed E-state index contributed by atoms with van der Waals surface area (Å²) >= 11 is 0. The van der Waals surface area contributed by atoms with Crippen LogP contribution in [0, 0.1) is 5.82 Å². The molecule has 0 radical (unpaired) electrons. The average molecular weight is 376 g/mol. The molecule has 0 bridgehead atoms. The molecule has 7 heteroatoms. The molecule has 1 aliphatic rings. The van der Waals surface area contributed by atoms with Gasteiger partial charge in [-0.15, -0.1) is 0 Å².